The van der Waals surface area contributed by atoms with Crippen LogP contribution in [-0.4, -0.2) is 54.1 Å². The van der Waals surface area contributed by atoms with Gasteiger partial charge in [0.2, 0.25) is 0 Å². The van der Waals surface area contributed by atoms with Gasteiger partial charge in [0.25, 0.3) is 0 Å². The van der Waals surface area contributed by atoms with Gasteiger partial charge >= 0.3 is 0 Å². The minimum absolute atomic E-state index is 0.220. The molecular weight excluding hydrogens is 352 g/mol. The molecule has 0 spiro atoms. The maximum atomic E-state index is 11.7. The number of aromatic nitrogens is 1. The van der Waals surface area contributed by atoms with E-state index in [2.05, 4.69) is 47.5 Å². The summed E-state index contributed by atoms with van der Waals surface area (Å²) >= 11 is 0. The van der Waals surface area contributed by atoms with Crippen LogP contribution in [0.3, 0.4) is 0 Å². The lowest BCUT2D eigenvalue weighted by atomic mass is 10.00. The predicted molar refractivity (Wildman–Crippen MR) is 112 cm³/mol. The van der Waals surface area contributed by atoms with E-state index in [4.69, 9.17) is 9.84 Å². The zero-order chi connectivity index (χ0) is 20.1. The molecule has 0 bridgehead atoms. The Labute approximate surface area is 166 Å². The molecule has 148 valence electrons. The van der Waals surface area contributed by atoms with Crippen molar-refractivity contribution >= 4 is 11.8 Å². The summed E-state index contributed by atoms with van der Waals surface area (Å²) in [5, 5.41) is 7.00. The van der Waals surface area contributed by atoms with Crippen molar-refractivity contribution in [2.75, 3.05) is 33.4 Å². The van der Waals surface area contributed by atoms with E-state index in [0.717, 1.165) is 61.9 Å². The monoisotopic (exact) mass is 380 g/mol. The van der Waals surface area contributed by atoms with Crippen LogP contribution < -0.4 is 0 Å². The molecule has 1 aliphatic rings. The molecule has 3 aromatic rings. The van der Waals surface area contributed by atoms with Crippen LogP contribution in [-0.2, 0) is 4.74 Å². The molecule has 5 heteroatoms. The summed E-state index contributed by atoms with van der Waals surface area (Å²) in [6.45, 7) is 7.64. The predicted octanol–water partition coefficient (Wildman–Crippen LogP) is 3.73. The Bertz CT molecular complexity index is 928. The van der Waals surface area contributed by atoms with E-state index < -0.39 is 0 Å². The Balaban J connectivity index is 0.00000109. The molecule has 1 fully saturated rings. The van der Waals surface area contributed by atoms with Gasteiger partial charge in [0.15, 0.2) is 0 Å². The van der Waals surface area contributed by atoms with E-state index in [1.807, 2.05) is 24.3 Å². The molecule has 1 saturated heterocycles. The lowest BCUT2D eigenvalue weighted by molar-refractivity contribution is 0.0187. The molecule has 1 aromatic carbocycles. The van der Waals surface area contributed by atoms with Crippen molar-refractivity contribution in [1.29, 1.82) is 0 Å². The number of nitrogens with zero attached hydrogens (tertiary/aromatic N) is 2. The van der Waals surface area contributed by atoms with Gasteiger partial charge in [0, 0.05) is 49.3 Å². The van der Waals surface area contributed by atoms with Gasteiger partial charge in [0.05, 0.1) is 18.7 Å². The zero-order valence-electron chi connectivity index (χ0n) is 16.8. The van der Waals surface area contributed by atoms with E-state index >= 15 is 0 Å². The topological polar surface area (TPSA) is 54.2 Å². The number of aliphatic hydroxyl groups excluding tert-OH is 1. The lowest BCUT2D eigenvalue weighted by Gasteiger charge is -2.34. The largest absolute Gasteiger partial charge is 0.400 e. The van der Waals surface area contributed by atoms with Crippen molar-refractivity contribution in [1.82, 2.24) is 9.30 Å². The second-order valence-electron chi connectivity index (χ2n) is 6.90. The van der Waals surface area contributed by atoms with Crippen LogP contribution in [0.1, 0.15) is 34.6 Å². The molecule has 0 radical (unpaired) electrons. The summed E-state index contributed by atoms with van der Waals surface area (Å²) in [7, 11) is 1.00. The zero-order valence-corrected chi connectivity index (χ0v) is 16.8. The maximum Gasteiger partial charge on any atom is 0.150 e. The molecule has 1 N–H and O–H groups in total. The molecule has 1 atom stereocenters. The van der Waals surface area contributed by atoms with Crippen LogP contribution in [0.25, 0.3) is 16.6 Å². The first-order chi connectivity index (χ1) is 13.7. The van der Waals surface area contributed by atoms with Crippen LogP contribution in [0.15, 0.2) is 48.7 Å². The number of carbonyl (C=O) groups is 1. The fourth-order valence-corrected chi connectivity index (χ4v) is 4.02. The van der Waals surface area contributed by atoms with Crippen molar-refractivity contribution in [3.05, 3.63) is 65.5 Å². The van der Waals surface area contributed by atoms with E-state index in [-0.39, 0.29) is 6.04 Å². The normalized spacial score (nSPS) is 15.7. The van der Waals surface area contributed by atoms with Crippen molar-refractivity contribution in [2.45, 2.75) is 19.9 Å². The van der Waals surface area contributed by atoms with Crippen LogP contribution in [0, 0.1) is 6.92 Å². The molecule has 3 heterocycles. The minimum Gasteiger partial charge on any atom is -0.400 e. The Morgan fingerprint density at radius 3 is 2.43 bits per heavy atom. The van der Waals surface area contributed by atoms with Crippen molar-refractivity contribution in [3.63, 3.8) is 0 Å². The molecular formula is C23H28N2O3. The average Bonchev–Trinajstić information content (AvgIpc) is 3.19. The van der Waals surface area contributed by atoms with Crippen LogP contribution >= 0.6 is 0 Å². The highest BCUT2D eigenvalue weighted by Gasteiger charge is 2.24. The smallest absolute Gasteiger partial charge is 0.150 e. The third kappa shape index (κ3) is 3.74. The Morgan fingerprint density at radius 1 is 1.11 bits per heavy atom. The number of hydrogen-bond donors (Lipinski definition) is 1. The number of pyridine rings is 1. The van der Waals surface area contributed by atoms with Crippen molar-refractivity contribution < 1.29 is 14.6 Å². The summed E-state index contributed by atoms with van der Waals surface area (Å²) in [4.78, 5) is 14.2. The molecule has 28 heavy (non-hydrogen) atoms. The fraction of sp³-hybridized carbons (Fsp3) is 0.348. The van der Waals surface area contributed by atoms with Crippen molar-refractivity contribution in [2.24, 2.45) is 0 Å². The van der Waals surface area contributed by atoms with E-state index in [1.54, 1.807) is 0 Å². The number of benzene rings is 1. The number of morpholine rings is 1. The molecule has 0 aliphatic carbocycles. The van der Waals surface area contributed by atoms with Crippen LogP contribution in [0.2, 0.25) is 0 Å². The second-order valence-corrected chi connectivity index (χ2v) is 6.90. The number of aldehydes is 1. The fourth-order valence-electron chi connectivity index (χ4n) is 4.02. The Hall–Kier alpha value is -2.47. The third-order valence-electron chi connectivity index (χ3n) is 5.50. The summed E-state index contributed by atoms with van der Waals surface area (Å²) < 4.78 is 7.76. The van der Waals surface area contributed by atoms with Gasteiger partial charge in [-0.1, -0.05) is 30.3 Å². The summed E-state index contributed by atoms with van der Waals surface area (Å²) in [6.07, 6.45) is 3.11. The second kappa shape index (κ2) is 9.15. The molecule has 5 nitrogen and oxygen atoms in total. The molecule has 0 saturated carbocycles. The van der Waals surface area contributed by atoms with E-state index in [0.29, 0.717) is 0 Å². The summed E-state index contributed by atoms with van der Waals surface area (Å²) in [5.41, 5.74) is 6.42. The van der Waals surface area contributed by atoms with Gasteiger partial charge in [-0.05, 0) is 37.1 Å². The van der Waals surface area contributed by atoms with Gasteiger partial charge in [0.1, 0.15) is 6.29 Å². The number of hydrogen-bond acceptors (Lipinski definition) is 4. The first-order valence-electron chi connectivity index (χ1n) is 9.62. The standard InChI is InChI=1S/C22H24N2O2.CH4O/c1-16-19(15-25)14-21-20(18-6-4-3-5-7-18)8-9-24(21)22(16)17(2)23-10-12-26-13-11-23;1-2/h3-9,14-15,17H,10-13H2,1-2H3;2H,1H3. The Morgan fingerprint density at radius 2 is 1.79 bits per heavy atom. The molecule has 1 aliphatic heterocycles. The Kier molecular flexibility index (Phi) is 6.62. The first kappa shape index (κ1) is 20.3. The molecule has 0 amide bonds. The number of fused-ring (bicyclic) bond motifs is 1. The quantitative estimate of drug-likeness (QED) is 0.701. The summed E-state index contributed by atoms with van der Waals surface area (Å²) in [6, 6.07) is 14.7. The minimum atomic E-state index is 0.220. The maximum absolute atomic E-state index is 11.7. The van der Waals surface area contributed by atoms with Gasteiger partial charge in [-0.3, -0.25) is 9.69 Å². The van der Waals surface area contributed by atoms with Gasteiger partial charge in [-0.15, -0.1) is 0 Å². The van der Waals surface area contributed by atoms with Gasteiger partial charge in [-0.25, -0.2) is 0 Å². The highest BCUT2D eigenvalue weighted by Crippen LogP contribution is 2.33. The SMILES string of the molecule is CO.Cc1c(C=O)cc2c(-c3ccccc3)ccn2c1C(C)N1CCOCC1. The van der Waals surface area contributed by atoms with Crippen LogP contribution in [0.5, 0.6) is 0 Å². The van der Waals surface area contributed by atoms with Gasteiger partial charge in [-0.2, -0.15) is 0 Å². The molecule has 2 aromatic heterocycles. The van der Waals surface area contributed by atoms with Crippen molar-refractivity contribution in [3.8, 4) is 11.1 Å². The number of ether oxygens (including phenoxy) is 1. The van der Waals surface area contributed by atoms with E-state index in [9.17, 15) is 4.79 Å². The molecule has 1 unspecified atom stereocenters. The number of aliphatic hydroxyl groups is 1. The van der Waals surface area contributed by atoms with Gasteiger partial charge < -0.3 is 14.2 Å². The number of carbonyl (C=O) groups excluding carboxylic acids is 1. The van der Waals surface area contributed by atoms with Crippen LogP contribution in [0.4, 0.5) is 0 Å². The average molecular weight is 380 g/mol. The molecule has 4 rings (SSSR count). The highest BCUT2D eigenvalue weighted by molar-refractivity contribution is 5.87. The lowest BCUT2D eigenvalue weighted by Crippen LogP contribution is -2.38. The first-order valence-corrected chi connectivity index (χ1v) is 9.62. The van der Waals surface area contributed by atoms with E-state index in [1.165, 1.54) is 11.3 Å². The third-order valence-corrected chi connectivity index (χ3v) is 5.50. The number of rotatable bonds is 4. The summed E-state index contributed by atoms with van der Waals surface area (Å²) in [5.74, 6) is 0. The highest BCUT2D eigenvalue weighted by atomic mass is 16.5.